The third-order valence-electron chi connectivity index (χ3n) is 7.52. The predicted octanol–water partition coefficient (Wildman–Crippen LogP) is 9.71. The Morgan fingerprint density at radius 3 is 2.18 bits per heavy atom. The Morgan fingerprint density at radius 2 is 1.32 bits per heavy atom. The number of rotatable bonds is 2. The topological polar surface area (TPSA) is 25.8 Å². The second kappa shape index (κ2) is 8.27. The highest BCUT2D eigenvalue weighted by Gasteiger charge is 2.24. The second-order valence-electron chi connectivity index (χ2n) is 9.95. The summed E-state index contributed by atoms with van der Waals surface area (Å²) in [6.07, 6.45) is 0. The van der Waals surface area contributed by atoms with Crippen LogP contribution >= 0.6 is 11.8 Å². The first-order valence-electron chi connectivity index (χ1n) is 12.8. The maximum atomic E-state index is 5.21. The normalized spacial score (nSPS) is 12.2. The third-order valence-corrected chi connectivity index (χ3v) is 8.72. The molecule has 1 aromatic heterocycles. The Balaban J connectivity index is 1.29. The molecule has 0 N–H and O–H groups in total. The largest absolute Gasteiger partial charge is 0.228 e. The van der Waals surface area contributed by atoms with E-state index in [-0.39, 0.29) is 0 Å². The highest BCUT2D eigenvalue weighted by Crippen LogP contribution is 2.49. The number of fused-ring (bicyclic) bond motifs is 5. The first-order valence-corrected chi connectivity index (χ1v) is 13.6. The van der Waals surface area contributed by atoms with Crippen LogP contribution in [-0.4, -0.2) is 9.97 Å². The number of hydrogen-bond acceptors (Lipinski definition) is 3. The Kier molecular flexibility index (Phi) is 4.70. The SMILES string of the molecule is Cc1ccc(-c2ccc3cc(-c4nc5c6c(cccc6n4)Sc4c-5ccc5ccccc45)ccc3c2)cc1. The van der Waals surface area contributed by atoms with Gasteiger partial charge in [-0.2, -0.15) is 0 Å². The quantitative estimate of drug-likeness (QED) is 0.235. The average molecular weight is 503 g/mol. The molecule has 178 valence electrons. The van der Waals surface area contributed by atoms with E-state index >= 15 is 0 Å². The Morgan fingerprint density at radius 1 is 0.579 bits per heavy atom. The lowest BCUT2D eigenvalue weighted by Crippen LogP contribution is -2.00. The van der Waals surface area contributed by atoms with Gasteiger partial charge in [0, 0.05) is 26.3 Å². The second-order valence-corrected chi connectivity index (χ2v) is 11.0. The molecule has 1 aliphatic rings. The van der Waals surface area contributed by atoms with Gasteiger partial charge in [-0.3, -0.25) is 0 Å². The van der Waals surface area contributed by atoms with Crippen LogP contribution in [0.2, 0.25) is 0 Å². The molecule has 0 saturated heterocycles. The molecular formula is C35H22N2S. The summed E-state index contributed by atoms with van der Waals surface area (Å²) < 4.78 is 0. The third kappa shape index (κ3) is 3.36. The van der Waals surface area contributed by atoms with Crippen molar-refractivity contribution >= 4 is 44.2 Å². The van der Waals surface area contributed by atoms with Crippen LogP contribution in [0.25, 0.3) is 66.2 Å². The molecule has 1 aliphatic heterocycles. The van der Waals surface area contributed by atoms with E-state index < -0.39 is 0 Å². The van der Waals surface area contributed by atoms with Crippen molar-refractivity contribution in [2.45, 2.75) is 16.7 Å². The molecule has 0 aliphatic carbocycles. The smallest absolute Gasteiger partial charge is 0.160 e. The minimum Gasteiger partial charge on any atom is -0.228 e. The fourth-order valence-electron chi connectivity index (χ4n) is 5.52. The number of aromatic nitrogens is 2. The molecule has 0 spiro atoms. The van der Waals surface area contributed by atoms with Crippen LogP contribution in [0.15, 0.2) is 125 Å². The van der Waals surface area contributed by atoms with Gasteiger partial charge in [-0.25, -0.2) is 9.97 Å². The lowest BCUT2D eigenvalue weighted by Gasteiger charge is -2.21. The van der Waals surface area contributed by atoms with E-state index in [1.54, 1.807) is 0 Å². The Hall–Kier alpha value is -4.47. The molecule has 8 rings (SSSR count). The zero-order chi connectivity index (χ0) is 25.2. The maximum absolute atomic E-state index is 5.21. The van der Waals surface area contributed by atoms with Crippen molar-refractivity contribution in [2.75, 3.05) is 0 Å². The molecule has 3 heteroatoms. The fourth-order valence-corrected chi connectivity index (χ4v) is 6.76. The van der Waals surface area contributed by atoms with Gasteiger partial charge < -0.3 is 0 Å². The van der Waals surface area contributed by atoms with Crippen LogP contribution in [0.3, 0.4) is 0 Å². The zero-order valence-corrected chi connectivity index (χ0v) is 21.6. The van der Waals surface area contributed by atoms with E-state index in [4.69, 9.17) is 9.97 Å². The van der Waals surface area contributed by atoms with Crippen LogP contribution in [0.1, 0.15) is 5.56 Å². The van der Waals surface area contributed by atoms with E-state index in [0.29, 0.717) is 0 Å². The van der Waals surface area contributed by atoms with Crippen molar-refractivity contribution < 1.29 is 0 Å². The molecule has 0 fully saturated rings. The van der Waals surface area contributed by atoms with Gasteiger partial charge in [0.25, 0.3) is 0 Å². The first kappa shape index (κ1) is 21.6. The molecule has 0 atom stereocenters. The van der Waals surface area contributed by atoms with Gasteiger partial charge in [-0.1, -0.05) is 108 Å². The molecule has 2 heterocycles. The lowest BCUT2D eigenvalue weighted by molar-refractivity contribution is 1.21. The number of nitrogens with zero attached hydrogens (tertiary/aromatic N) is 2. The number of hydrogen-bond donors (Lipinski definition) is 0. The molecule has 38 heavy (non-hydrogen) atoms. The summed E-state index contributed by atoms with van der Waals surface area (Å²) in [5, 5.41) is 6.07. The Bertz CT molecular complexity index is 2060. The van der Waals surface area contributed by atoms with Gasteiger partial charge in [0.2, 0.25) is 0 Å². The van der Waals surface area contributed by atoms with Gasteiger partial charge in [0.15, 0.2) is 5.82 Å². The van der Waals surface area contributed by atoms with E-state index in [2.05, 4.69) is 122 Å². The molecule has 0 radical (unpaired) electrons. The van der Waals surface area contributed by atoms with Crippen LogP contribution in [0, 0.1) is 6.92 Å². The summed E-state index contributed by atoms with van der Waals surface area (Å²) in [6, 6.07) is 41.4. The van der Waals surface area contributed by atoms with Crippen LogP contribution < -0.4 is 0 Å². The Labute approximate surface area is 225 Å². The molecule has 0 amide bonds. The van der Waals surface area contributed by atoms with Crippen molar-refractivity contribution in [3.05, 3.63) is 121 Å². The first-order chi connectivity index (χ1) is 18.7. The van der Waals surface area contributed by atoms with Crippen molar-refractivity contribution in [3.8, 4) is 33.8 Å². The monoisotopic (exact) mass is 502 g/mol. The summed E-state index contributed by atoms with van der Waals surface area (Å²) in [7, 11) is 0. The van der Waals surface area contributed by atoms with Crippen molar-refractivity contribution in [2.24, 2.45) is 0 Å². The standard InChI is InChI=1S/C35H22N2S/c1-21-9-11-22(12-10-21)24-13-14-26-20-27(16-15-25(26)19-24)35-36-30-7-4-8-31-32(30)33(37-35)29-18-17-23-5-2-3-6-28(23)34(29)38-31/h2-20H,1H3. The minimum atomic E-state index is 0.764. The molecule has 0 unspecified atom stereocenters. The highest BCUT2D eigenvalue weighted by molar-refractivity contribution is 8.00. The van der Waals surface area contributed by atoms with Crippen molar-refractivity contribution in [1.29, 1.82) is 0 Å². The number of benzene rings is 6. The highest BCUT2D eigenvalue weighted by atomic mass is 32.2. The lowest BCUT2D eigenvalue weighted by atomic mass is 9.98. The summed E-state index contributed by atoms with van der Waals surface area (Å²) in [4.78, 5) is 12.7. The summed E-state index contributed by atoms with van der Waals surface area (Å²) in [5.74, 6) is 0.764. The predicted molar refractivity (Wildman–Crippen MR) is 160 cm³/mol. The van der Waals surface area contributed by atoms with E-state index in [9.17, 15) is 0 Å². The maximum Gasteiger partial charge on any atom is 0.160 e. The van der Waals surface area contributed by atoms with Crippen molar-refractivity contribution in [3.63, 3.8) is 0 Å². The molecule has 6 aromatic carbocycles. The van der Waals surface area contributed by atoms with Crippen LogP contribution in [0.5, 0.6) is 0 Å². The van der Waals surface area contributed by atoms with Crippen molar-refractivity contribution in [1.82, 2.24) is 9.97 Å². The van der Waals surface area contributed by atoms with Gasteiger partial charge in [0.1, 0.15) is 0 Å². The summed E-state index contributed by atoms with van der Waals surface area (Å²) >= 11 is 1.83. The van der Waals surface area contributed by atoms with E-state index in [0.717, 1.165) is 28.0 Å². The van der Waals surface area contributed by atoms with Crippen LogP contribution in [0.4, 0.5) is 0 Å². The van der Waals surface area contributed by atoms with E-state index in [1.165, 1.54) is 53.6 Å². The summed E-state index contributed by atoms with van der Waals surface area (Å²) in [6.45, 7) is 2.12. The molecule has 0 bridgehead atoms. The molecule has 2 nitrogen and oxygen atoms in total. The average Bonchev–Trinajstić information content (AvgIpc) is 2.97. The molecular weight excluding hydrogens is 480 g/mol. The molecule has 0 saturated carbocycles. The number of aryl methyl sites for hydroxylation is 1. The van der Waals surface area contributed by atoms with Gasteiger partial charge >= 0.3 is 0 Å². The zero-order valence-electron chi connectivity index (χ0n) is 20.8. The van der Waals surface area contributed by atoms with Gasteiger partial charge in [-0.05, 0) is 63.9 Å². The minimum absolute atomic E-state index is 0.764. The van der Waals surface area contributed by atoms with E-state index in [1.807, 2.05) is 11.8 Å². The van der Waals surface area contributed by atoms with Gasteiger partial charge in [-0.15, -0.1) is 0 Å². The summed E-state index contributed by atoms with van der Waals surface area (Å²) in [5.41, 5.74) is 7.96. The van der Waals surface area contributed by atoms with Crippen LogP contribution in [-0.2, 0) is 0 Å². The van der Waals surface area contributed by atoms with Gasteiger partial charge in [0.05, 0.1) is 11.2 Å². The fraction of sp³-hybridized carbons (Fsp3) is 0.0286. The molecule has 7 aromatic rings.